The quantitative estimate of drug-likeness (QED) is 0.479. The van der Waals surface area contributed by atoms with Crippen molar-refractivity contribution in [1.82, 2.24) is 9.55 Å². The maximum absolute atomic E-state index is 12.1. The molecule has 1 saturated heterocycles. The van der Waals surface area contributed by atoms with Gasteiger partial charge < -0.3 is 20.1 Å². The van der Waals surface area contributed by atoms with Crippen molar-refractivity contribution < 1.29 is 20.1 Å². The Morgan fingerprint density at radius 1 is 1.68 bits per heavy atom. The van der Waals surface area contributed by atoms with Gasteiger partial charge in [0.2, 0.25) is 0 Å². The van der Waals surface area contributed by atoms with E-state index in [1.807, 2.05) is 0 Å². The number of terminal acetylenes is 1. The fourth-order valence-electron chi connectivity index (χ4n) is 2.14. The van der Waals surface area contributed by atoms with E-state index in [2.05, 4.69) is 31.8 Å². The summed E-state index contributed by atoms with van der Waals surface area (Å²) < 4.78 is 6.73. The van der Waals surface area contributed by atoms with E-state index in [1.165, 1.54) is 12.4 Å². The fraction of sp³-hybridized carbons (Fsp3) is 0.462. The van der Waals surface area contributed by atoms with Crippen LogP contribution in [-0.4, -0.2) is 55.5 Å². The SMILES string of the molecule is C#C[C@]1(CO)O[C@@H](n2cc(Br)c(N=CC)nc2=O)[C@@H](O)[C@@H]1O. The lowest BCUT2D eigenvalue weighted by Crippen LogP contribution is -2.45. The number of hydrogen-bond donors (Lipinski definition) is 3. The topological polar surface area (TPSA) is 117 Å². The Labute approximate surface area is 134 Å². The van der Waals surface area contributed by atoms with E-state index in [9.17, 15) is 20.1 Å². The second-order valence-electron chi connectivity index (χ2n) is 4.63. The molecule has 0 radical (unpaired) electrons. The molecule has 22 heavy (non-hydrogen) atoms. The molecule has 0 saturated carbocycles. The van der Waals surface area contributed by atoms with Crippen LogP contribution in [0.25, 0.3) is 0 Å². The Kier molecular flexibility index (Phi) is 4.79. The highest BCUT2D eigenvalue weighted by molar-refractivity contribution is 9.10. The Hall–Kier alpha value is -1.57. The minimum atomic E-state index is -1.78. The van der Waals surface area contributed by atoms with Crippen molar-refractivity contribution >= 4 is 28.0 Å². The molecule has 1 aliphatic heterocycles. The lowest BCUT2D eigenvalue weighted by molar-refractivity contribution is -0.0936. The molecule has 0 bridgehead atoms. The molecule has 0 amide bonds. The van der Waals surface area contributed by atoms with Crippen LogP contribution >= 0.6 is 15.9 Å². The van der Waals surface area contributed by atoms with Gasteiger partial charge in [0.15, 0.2) is 17.6 Å². The van der Waals surface area contributed by atoms with Gasteiger partial charge in [-0.05, 0) is 22.9 Å². The predicted molar refractivity (Wildman–Crippen MR) is 80.8 cm³/mol. The molecule has 8 nitrogen and oxygen atoms in total. The minimum Gasteiger partial charge on any atom is -0.392 e. The number of aliphatic hydroxyl groups is 3. The van der Waals surface area contributed by atoms with Crippen molar-refractivity contribution in [3.63, 3.8) is 0 Å². The second-order valence-corrected chi connectivity index (χ2v) is 5.48. The van der Waals surface area contributed by atoms with Crippen molar-refractivity contribution in [2.24, 2.45) is 4.99 Å². The highest BCUT2D eigenvalue weighted by atomic mass is 79.9. The van der Waals surface area contributed by atoms with Crippen LogP contribution in [0.5, 0.6) is 0 Å². The predicted octanol–water partition coefficient (Wildman–Crippen LogP) is -0.657. The maximum Gasteiger partial charge on any atom is 0.351 e. The standard InChI is InChI=1S/C13H14BrN3O5/c1-3-13(6-18)9(20)8(19)11(22-13)17-5-7(14)10(15-4-2)16-12(17)21/h1,4-5,8-9,11,18-20H,6H2,2H3/t8-,9-,11+,13+/m0/s1. The van der Waals surface area contributed by atoms with Crippen LogP contribution in [0, 0.1) is 12.3 Å². The van der Waals surface area contributed by atoms with Crippen molar-refractivity contribution in [2.75, 3.05) is 6.61 Å². The molecule has 2 heterocycles. The second kappa shape index (κ2) is 6.28. The van der Waals surface area contributed by atoms with E-state index >= 15 is 0 Å². The molecule has 1 aliphatic rings. The number of rotatable bonds is 3. The summed E-state index contributed by atoms with van der Waals surface area (Å²) in [4.78, 5) is 19.7. The zero-order valence-corrected chi connectivity index (χ0v) is 13.1. The van der Waals surface area contributed by atoms with E-state index in [1.54, 1.807) is 6.92 Å². The molecule has 1 aromatic rings. The van der Waals surface area contributed by atoms with E-state index < -0.39 is 36.3 Å². The summed E-state index contributed by atoms with van der Waals surface area (Å²) in [7, 11) is 0. The van der Waals surface area contributed by atoms with Gasteiger partial charge >= 0.3 is 5.69 Å². The highest BCUT2D eigenvalue weighted by Crippen LogP contribution is 2.36. The molecule has 0 unspecified atom stereocenters. The molecule has 3 N–H and O–H groups in total. The molecule has 1 aromatic heterocycles. The van der Waals surface area contributed by atoms with E-state index in [0.29, 0.717) is 4.47 Å². The molecule has 1 fully saturated rings. The molecular formula is C13H14BrN3O5. The van der Waals surface area contributed by atoms with Gasteiger partial charge in [0.05, 0.1) is 11.1 Å². The summed E-state index contributed by atoms with van der Waals surface area (Å²) in [6, 6.07) is 0. The molecular weight excluding hydrogens is 358 g/mol. The summed E-state index contributed by atoms with van der Waals surface area (Å²) in [6.07, 6.45) is 3.72. The normalized spacial score (nSPS) is 31.5. The third-order valence-electron chi connectivity index (χ3n) is 3.32. The van der Waals surface area contributed by atoms with E-state index in [-0.39, 0.29) is 5.82 Å². The number of hydrogen-bond acceptors (Lipinski definition) is 7. The summed E-state index contributed by atoms with van der Waals surface area (Å²) in [5.74, 6) is 2.29. The zero-order valence-electron chi connectivity index (χ0n) is 11.5. The Balaban J connectivity index is 2.48. The van der Waals surface area contributed by atoms with Crippen LogP contribution in [0.2, 0.25) is 0 Å². The molecule has 2 rings (SSSR count). The van der Waals surface area contributed by atoms with Gasteiger partial charge in [-0.25, -0.2) is 9.79 Å². The molecule has 0 aromatic carbocycles. The number of aliphatic hydroxyl groups excluding tert-OH is 3. The van der Waals surface area contributed by atoms with Gasteiger partial charge in [0.25, 0.3) is 0 Å². The van der Waals surface area contributed by atoms with Crippen LogP contribution in [0.15, 0.2) is 20.5 Å². The van der Waals surface area contributed by atoms with Crippen molar-refractivity contribution in [1.29, 1.82) is 0 Å². The minimum absolute atomic E-state index is 0.169. The molecule has 0 spiro atoms. The Morgan fingerprint density at radius 3 is 2.86 bits per heavy atom. The highest BCUT2D eigenvalue weighted by Gasteiger charge is 2.54. The summed E-state index contributed by atoms with van der Waals surface area (Å²) in [5, 5.41) is 29.4. The monoisotopic (exact) mass is 371 g/mol. The lowest BCUT2D eigenvalue weighted by atomic mass is 9.97. The third-order valence-corrected chi connectivity index (χ3v) is 3.88. The van der Waals surface area contributed by atoms with Gasteiger partial charge in [-0.2, -0.15) is 4.98 Å². The van der Waals surface area contributed by atoms with Crippen LogP contribution in [0.3, 0.4) is 0 Å². The first-order chi connectivity index (χ1) is 10.4. The van der Waals surface area contributed by atoms with Crippen LogP contribution in [-0.2, 0) is 4.74 Å². The number of aromatic nitrogens is 2. The van der Waals surface area contributed by atoms with Gasteiger partial charge in [-0.3, -0.25) is 4.57 Å². The number of nitrogens with zero attached hydrogens (tertiary/aromatic N) is 3. The summed E-state index contributed by atoms with van der Waals surface area (Å²) >= 11 is 3.20. The van der Waals surface area contributed by atoms with Crippen LogP contribution < -0.4 is 5.69 Å². The van der Waals surface area contributed by atoms with Gasteiger partial charge in [-0.15, -0.1) is 6.42 Å². The van der Waals surface area contributed by atoms with Crippen molar-refractivity contribution in [2.45, 2.75) is 31.0 Å². The van der Waals surface area contributed by atoms with E-state index in [4.69, 9.17) is 11.2 Å². The van der Waals surface area contributed by atoms with E-state index in [0.717, 1.165) is 4.57 Å². The van der Waals surface area contributed by atoms with Gasteiger partial charge in [0.1, 0.15) is 12.2 Å². The average molecular weight is 372 g/mol. The molecule has 4 atom stereocenters. The number of aliphatic imine (C=N–C) groups is 1. The Bertz CT molecular complexity index is 698. The molecule has 9 heteroatoms. The summed E-state index contributed by atoms with van der Waals surface area (Å²) in [5.41, 5.74) is -2.53. The summed E-state index contributed by atoms with van der Waals surface area (Å²) in [6.45, 7) is 0.960. The molecule has 118 valence electrons. The zero-order chi connectivity index (χ0) is 16.5. The van der Waals surface area contributed by atoms with Gasteiger partial charge in [-0.1, -0.05) is 5.92 Å². The van der Waals surface area contributed by atoms with Gasteiger partial charge in [0, 0.05) is 12.4 Å². The number of ether oxygens (including phenoxy) is 1. The molecule has 0 aliphatic carbocycles. The Morgan fingerprint density at radius 2 is 2.36 bits per heavy atom. The van der Waals surface area contributed by atoms with Crippen LogP contribution in [0.1, 0.15) is 13.2 Å². The first kappa shape index (κ1) is 16.8. The van der Waals surface area contributed by atoms with Crippen LogP contribution in [0.4, 0.5) is 5.82 Å². The van der Waals surface area contributed by atoms with Crippen molar-refractivity contribution in [3.8, 4) is 12.3 Å². The first-order valence-corrected chi connectivity index (χ1v) is 7.09. The van der Waals surface area contributed by atoms with Crippen molar-refractivity contribution in [3.05, 3.63) is 21.2 Å². The third kappa shape index (κ3) is 2.60. The average Bonchev–Trinajstić information content (AvgIpc) is 2.76. The maximum atomic E-state index is 12.1. The largest absolute Gasteiger partial charge is 0.392 e. The number of halogens is 1. The first-order valence-electron chi connectivity index (χ1n) is 6.30. The lowest BCUT2D eigenvalue weighted by Gasteiger charge is -2.23. The smallest absolute Gasteiger partial charge is 0.351 e. The fourth-order valence-corrected chi connectivity index (χ4v) is 2.55.